The summed E-state index contributed by atoms with van der Waals surface area (Å²) in [4.78, 5) is 29.6. The van der Waals surface area contributed by atoms with Crippen molar-refractivity contribution < 1.29 is 9.53 Å². The Morgan fingerprint density at radius 1 is 1.52 bits per heavy atom. The van der Waals surface area contributed by atoms with Crippen molar-refractivity contribution in [3.8, 4) is 0 Å². The summed E-state index contributed by atoms with van der Waals surface area (Å²) in [7, 11) is 0. The predicted molar refractivity (Wildman–Crippen MR) is 77.7 cm³/mol. The van der Waals surface area contributed by atoms with E-state index in [0.29, 0.717) is 23.6 Å². The molecule has 2 aromatic rings. The Kier molecular flexibility index (Phi) is 3.59. The third kappa shape index (κ3) is 2.48. The molecule has 1 fully saturated rings. The number of hydrogen-bond donors (Lipinski definition) is 2. The van der Waals surface area contributed by atoms with E-state index in [1.165, 1.54) is 0 Å². The molecule has 1 unspecified atom stereocenters. The molecule has 112 valence electrons. The normalized spacial score (nSPS) is 18.9. The fourth-order valence-electron chi connectivity index (χ4n) is 2.71. The van der Waals surface area contributed by atoms with Gasteiger partial charge >= 0.3 is 5.97 Å². The lowest BCUT2D eigenvalue weighted by molar-refractivity contribution is -0.145. The van der Waals surface area contributed by atoms with Crippen molar-refractivity contribution in [3.05, 3.63) is 6.33 Å². The predicted octanol–water partition coefficient (Wildman–Crippen LogP) is 0.857. The van der Waals surface area contributed by atoms with Crippen LogP contribution in [0.25, 0.3) is 11.2 Å². The standard InChI is InChI=1S/C13H18N6O2/c1-2-21-12(20)8-5-3-4-6-19(8)11-9-10(16-7-15-9)17-13(14)18-11/h7-8H,2-6H2,1H3,(H3,14,15,16,17,18). The molecule has 1 saturated heterocycles. The highest BCUT2D eigenvalue weighted by Crippen LogP contribution is 2.28. The minimum Gasteiger partial charge on any atom is -0.464 e. The topological polar surface area (TPSA) is 110 Å². The Morgan fingerprint density at radius 2 is 2.38 bits per heavy atom. The molecule has 0 saturated carbocycles. The van der Waals surface area contributed by atoms with Crippen LogP contribution in [0, 0.1) is 0 Å². The number of piperidine rings is 1. The minimum absolute atomic E-state index is 0.151. The molecule has 3 N–H and O–H groups in total. The van der Waals surface area contributed by atoms with E-state index in [9.17, 15) is 4.79 Å². The second-order valence-corrected chi connectivity index (χ2v) is 4.96. The van der Waals surface area contributed by atoms with Gasteiger partial charge in [0.05, 0.1) is 12.9 Å². The quantitative estimate of drug-likeness (QED) is 0.806. The third-order valence-corrected chi connectivity index (χ3v) is 3.62. The van der Waals surface area contributed by atoms with Crippen LogP contribution in [0.3, 0.4) is 0 Å². The van der Waals surface area contributed by atoms with Crippen molar-refractivity contribution in [2.24, 2.45) is 0 Å². The van der Waals surface area contributed by atoms with E-state index >= 15 is 0 Å². The zero-order valence-electron chi connectivity index (χ0n) is 11.9. The van der Waals surface area contributed by atoms with Crippen molar-refractivity contribution in [1.29, 1.82) is 0 Å². The van der Waals surface area contributed by atoms with Crippen LogP contribution >= 0.6 is 0 Å². The summed E-state index contributed by atoms with van der Waals surface area (Å²) in [6.45, 7) is 2.91. The number of aromatic amines is 1. The van der Waals surface area contributed by atoms with E-state index in [0.717, 1.165) is 25.8 Å². The van der Waals surface area contributed by atoms with E-state index in [1.54, 1.807) is 13.3 Å². The molecule has 0 amide bonds. The van der Waals surface area contributed by atoms with Crippen molar-refractivity contribution in [3.63, 3.8) is 0 Å². The molecule has 3 heterocycles. The first-order valence-electron chi connectivity index (χ1n) is 7.10. The highest BCUT2D eigenvalue weighted by atomic mass is 16.5. The number of nitrogens with zero attached hydrogens (tertiary/aromatic N) is 4. The summed E-state index contributed by atoms with van der Waals surface area (Å²) >= 11 is 0. The first kappa shape index (κ1) is 13.6. The van der Waals surface area contributed by atoms with Gasteiger partial charge < -0.3 is 20.4 Å². The molecule has 3 rings (SSSR count). The first-order chi connectivity index (χ1) is 10.2. The van der Waals surface area contributed by atoms with E-state index in [-0.39, 0.29) is 18.0 Å². The monoisotopic (exact) mass is 290 g/mol. The smallest absolute Gasteiger partial charge is 0.328 e. The van der Waals surface area contributed by atoms with Crippen LogP contribution in [0.2, 0.25) is 0 Å². The summed E-state index contributed by atoms with van der Waals surface area (Å²) in [5.74, 6) is 0.549. The molecule has 0 bridgehead atoms. The number of carbonyl (C=O) groups excluding carboxylic acids is 1. The third-order valence-electron chi connectivity index (χ3n) is 3.62. The summed E-state index contributed by atoms with van der Waals surface area (Å²) in [6.07, 6.45) is 4.28. The van der Waals surface area contributed by atoms with Gasteiger partial charge in [-0.2, -0.15) is 9.97 Å². The molecule has 0 aromatic carbocycles. The summed E-state index contributed by atoms with van der Waals surface area (Å²) in [5.41, 5.74) is 6.95. The highest BCUT2D eigenvalue weighted by molar-refractivity contribution is 5.88. The maximum absolute atomic E-state index is 12.2. The number of carbonyl (C=O) groups is 1. The van der Waals surface area contributed by atoms with E-state index in [1.807, 2.05) is 4.90 Å². The SMILES string of the molecule is CCOC(=O)C1CCCCN1c1nc(N)nc2nc[nH]c12. The van der Waals surface area contributed by atoms with Crippen LogP contribution in [-0.4, -0.2) is 45.1 Å². The maximum atomic E-state index is 12.2. The van der Waals surface area contributed by atoms with Gasteiger partial charge in [-0.1, -0.05) is 0 Å². The molecule has 0 spiro atoms. The van der Waals surface area contributed by atoms with Crippen molar-refractivity contribution in [1.82, 2.24) is 19.9 Å². The molecule has 1 aliphatic rings. The Hall–Kier alpha value is -2.38. The molecule has 8 heteroatoms. The van der Waals surface area contributed by atoms with Crippen LogP contribution in [0.5, 0.6) is 0 Å². The van der Waals surface area contributed by atoms with Crippen LogP contribution < -0.4 is 10.6 Å². The molecule has 21 heavy (non-hydrogen) atoms. The molecule has 0 aliphatic carbocycles. The average molecular weight is 290 g/mol. The minimum atomic E-state index is -0.334. The zero-order valence-corrected chi connectivity index (χ0v) is 11.9. The molecular formula is C13H18N6O2. The molecular weight excluding hydrogens is 272 g/mol. The van der Waals surface area contributed by atoms with E-state index in [4.69, 9.17) is 10.5 Å². The highest BCUT2D eigenvalue weighted by Gasteiger charge is 2.32. The average Bonchev–Trinajstić information content (AvgIpc) is 2.94. The number of nitrogens with one attached hydrogen (secondary N) is 1. The van der Waals surface area contributed by atoms with Crippen molar-refractivity contribution >= 4 is 28.9 Å². The number of H-pyrrole nitrogens is 1. The summed E-state index contributed by atoms with van der Waals surface area (Å²) < 4.78 is 5.18. The summed E-state index contributed by atoms with van der Waals surface area (Å²) in [5, 5.41) is 0. The van der Waals surface area contributed by atoms with Gasteiger partial charge in [0.15, 0.2) is 11.5 Å². The number of fused-ring (bicyclic) bond motifs is 1. The fraction of sp³-hybridized carbons (Fsp3) is 0.538. The summed E-state index contributed by atoms with van der Waals surface area (Å²) in [6, 6.07) is -0.334. The van der Waals surface area contributed by atoms with Gasteiger partial charge in [0, 0.05) is 6.54 Å². The largest absolute Gasteiger partial charge is 0.464 e. The van der Waals surface area contributed by atoms with Gasteiger partial charge in [0.1, 0.15) is 11.6 Å². The molecule has 8 nitrogen and oxygen atoms in total. The number of anilines is 2. The van der Waals surface area contributed by atoms with Gasteiger partial charge in [0.25, 0.3) is 0 Å². The van der Waals surface area contributed by atoms with Crippen LogP contribution in [0.1, 0.15) is 26.2 Å². The molecule has 2 aromatic heterocycles. The van der Waals surface area contributed by atoms with Crippen LogP contribution in [0.15, 0.2) is 6.33 Å². The molecule has 0 radical (unpaired) electrons. The van der Waals surface area contributed by atoms with Crippen molar-refractivity contribution in [2.45, 2.75) is 32.2 Å². The lowest BCUT2D eigenvalue weighted by atomic mass is 10.0. The van der Waals surface area contributed by atoms with E-state index < -0.39 is 0 Å². The van der Waals surface area contributed by atoms with Gasteiger partial charge in [-0.15, -0.1) is 0 Å². The number of hydrogen-bond acceptors (Lipinski definition) is 7. The Morgan fingerprint density at radius 3 is 3.19 bits per heavy atom. The Balaban J connectivity index is 2.02. The lowest BCUT2D eigenvalue weighted by Gasteiger charge is -2.34. The first-order valence-corrected chi connectivity index (χ1v) is 7.10. The van der Waals surface area contributed by atoms with Crippen LogP contribution in [-0.2, 0) is 9.53 Å². The zero-order chi connectivity index (χ0) is 14.8. The second-order valence-electron chi connectivity index (χ2n) is 4.96. The fourth-order valence-corrected chi connectivity index (χ4v) is 2.71. The number of imidazole rings is 1. The number of rotatable bonds is 3. The molecule has 1 aliphatic heterocycles. The van der Waals surface area contributed by atoms with Crippen LogP contribution in [0.4, 0.5) is 11.8 Å². The van der Waals surface area contributed by atoms with Gasteiger partial charge in [-0.05, 0) is 26.2 Å². The molecule has 1 atom stereocenters. The Labute approximate surface area is 121 Å². The number of ether oxygens (including phenoxy) is 1. The Bertz CT molecular complexity index is 655. The second kappa shape index (κ2) is 5.55. The number of aromatic nitrogens is 4. The number of nitrogen functional groups attached to an aromatic ring is 1. The van der Waals surface area contributed by atoms with E-state index in [2.05, 4.69) is 19.9 Å². The maximum Gasteiger partial charge on any atom is 0.328 e. The van der Waals surface area contributed by atoms with Crippen molar-refractivity contribution in [2.75, 3.05) is 23.8 Å². The van der Waals surface area contributed by atoms with Gasteiger partial charge in [-0.25, -0.2) is 9.78 Å². The lowest BCUT2D eigenvalue weighted by Crippen LogP contribution is -2.46. The number of nitrogens with two attached hydrogens (primary N) is 1. The van der Waals surface area contributed by atoms with Gasteiger partial charge in [-0.3, -0.25) is 0 Å². The number of esters is 1. The van der Waals surface area contributed by atoms with Gasteiger partial charge in [0.2, 0.25) is 5.95 Å².